The van der Waals surface area contributed by atoms with Crippen LogP contribution in [0.25, 0.3) is 0 Å². The fraction of sp³-hybridized carbons (Fsp3) is 0.167. The second-order valence-corrected chi connectivity index (χ2v) is 4.29. The lowest BCUT2D eigenvalue weighted by molar-refractivity contribution is 0.0690. The number of amides is 1. The molecule has 104 valence electrons. The van der Waals surface area contributed by atoms with Crippen LogP contribution < -0.4 is 5.32 Å². The maximum Gasteiger partial charge on any atom is 0.356 e. The first-order chi connectivity index (χ1) is 9.56. The van der Waals surface area contributed by atoms with Gasteiger partial charge in [0.2, 0.25) is 0 Å². The van der Waals surface area contributed by atoms with Crippen LogP contribution in [0.5, 0.6) is 0 Å². The SMILES string of the molecule is O=C(O)c1cn(CCNC(=O)c2cccc(Cl)n2)cn1. The van der Waals surface area contributed by atoms with Gasteiger partial charge in [-0.2, -0.15) is 0 Å². The Morgan fingerprint density at radius 2 is 2.15 bits per heavy atom. The number of carbonyl (C=O) groups is 2. The molecule has 2 aromatic heterocycles. The molecular formula is C12H11ClN4O3. The van der Waals surface area contributed by atoms with Gasteiger partial charge in [-0.25, -0.2) is 14.8 Å². The van der Waals surface area contributed by atoms with Gasteiger partial charge in [0, 0.05) is 19.3 Å². The molecule has 0 saturated heterocycles. The fourth-order valence-corrected chi connectivity index (χ4v) is 1.68. The second-order valence-electron chi connectivity index (χ2n) is 3.90. The Morgan fingerprint density at radius 3 is 2.80 bits per heavy atom. The molecule has 8 heteroatoms. The summed E-state index contributed by atoms with van der Waals surface area (Å²) in [4.78, 5) is 30.0. The third kappa shape index (κ3) is 3.55. The zero-order valence-corrected chi connectivity index (χ0v) is 11.0. The van der Waals surface area contributed by atoms with Gasteiger partial charge < -0.3 is 15.0 Å². The van der Waals surface area contributed by atoms with Gasteiger partial charge >= 0.3 is 5.97 Å². The van der Waals surface area contributed by atoms with Crippen LogP contribution in [0.4, 0.5) is 0 Å². The van der Waals surface area contributed by atoms with Crippen LogP contribution in [0.2, 0.25) is 5.15 Å². The zero-order valence-electron chi connectivity index (χ0n) is 10.3. The topological polar surface area (TPSA) is 97.1 Å². The highest BCUT2D eigenvalue weighted by Crippen LogP contribution is 2.04. The molecule has 0 spiro atoms. The molecule has 0 bridgehead atoms. The summed E-state index contributed by atoms with van der Waals surface area (Å²) in [6.07, 6.45) is 2.79. The Kier molecular flexibility index (Phi) is 4.31. The Hall–Kier alpha value is -2.41. The number of pyridine rings is 1. The minimum Gasteiger partial charge on any atom is -0.476 e. The van der Waals surface area contributed by atoms with E-state index in [0.717, 1.165) is 0 Å². The predicted molar refractivity (Wildman–Crippen MR) is 70.8 cm³/mol. The number of carbonyl (C=O) groups excluding carboxylic acids is 1. The van der Waals surface area contributed by atoms with Gasteiger partial charge in [-0.15, -0.1) is 0 Å². The second kappa shape index (κ2) is 6.16. The van der Waals surface area contributed by atoms with Crippen molar-refractivity contribution in [3.05, 3.63) is 47.3 Å². The molecule has 0 atom stereocenters. The highest BCUT2D eigenvalue weighted by atomic mass is 35.5. The van der Waals surface area contributed by atoms with E-state index in [4.69, 9.17) is 16.7 Å². The summed E-state index contributed by atoms with van der Waals surface area (Å²) in [5, 5.41) is 11.6. The summed E-state index contributed by atoms with van der Waals surface area (Å²) in [6, 6.07) is 4.78. The van der Waals surface area contributed by atoms with Crippen molar-refractivity contribution in [1.29, 1.82) is 0 Å². The van der Waals surface area contributed by atoms with Crippen molar-refractivity contribution in [3.63, 3.8) is 0 Å². The van der Waals surface area contributed by atoms with Gasteiger partial charge in [0.15, 0.2) is 5.69 Å². The van der Waals surface area contributed by atoms with Crippen LogP contribution in [0, 0.1) is 0 Å². The lowest BCUT2D eigenvalue weighted by Gasteiger charge is -2.05. The molecule has 2 rings (SSSR count). The van der Waals surface area contributed by atoms with Crippen LogP contribution in [-0.4, -0.2) is 38.1 Å². The van der Waals surface area contributed by atoms with Gasteiger partial charge in [-0.1, -0.05) is 17.7 Å². The molecule has 2 heterocycles. The molecule has 0 aliphatic rings. The molecule has 2 aromatic rings. The molecule has 0 fully saturated rings. The zero-order chi connectivity index (χ0) is 14.5. The molecule has 0 radical (unpaired) electrons. The molecule has 2 N–H and O–H groups in total. The highest BCUT2D eigenvalue weighted by Gasteiger charge is 2.08. The van der Waals surface area contributed by atoms with E-state index in [-0.39, 0.29) is 22.4 Å². The molecule has 0 aliphatic carbocycles. The minimum absolute atomic E-state index is 0.0344. The maximum atomic E-state index is 11.7. The Labute approximate surface area is 119 Å². The molecule has 0 aromatic carbocycles. The maximum absolute atomic E-state index is 11.7. The van der Waals surface area contributed by atoms with Crippen LogP contribution in [0.15, 0.2) is 30.7 Å². The first kappa shape index (κ1) is 14.0. The Morgan fingerprint density at radius 1 is 1.35 bits per heavy atom. The first-order valence-corrected chi connectivity index (χ1v) is 6.10. The molecule has 0 unspecified atom stereocenters. The van der Waals surface area contributed by atoms with E-state index in [0.29, 0.717) is 13.1 Å². The molecule has 0 saturated carbocycles. The van der Waals surface area contributed by atoms with Crippen molar-refractivity contribution in [2.24, 2.45) is 0 Å². The normalized spacial score (nSPS) is 10.2. The third-order valence-electron chi connectivity index (χ3n) is 2.46. The standard InChI is InChI=1S/C12H11ClN4O3/c13-10-3-1-2-8(16-10)11(18)14-4-5-17-6-9(12(19)20)15-7-17/h1-3,6-7H,4-5H2,(H,14,18)(H,19,20). The van der Waals surface area contributed by atoms with Crippen LogP contribution in [0.3, 0.4) is 0 Å². The number of rotatable bonds is 5. The molecule has 1 amide bonds. The predicted octanol–water partition coefficient (Wildman–Crippen LogP) is 1.06. The number of halogens is 1. The number of imidazole rings is 1. The van der Waals surface area contributed by atoms with E-state index in [1.165, 1.54) is 12.5 Å². The summed E-state index contributed by atoms with van der Waals surface area (Å²) in [5.41, 5.74) is 0.196. The van der Waals surface area contributed by atoms with Crippen molar-refractivity contribution in [3.8, 4) is 0 Å². The summed E-state index contributed by atoms with van der Waals surface area (Å²) < 4.78 is 1.58. The molecular weight excluding hydrogens is 284 g/mol. The fourth-order valence-electron chi connectivity index (χ4n) is 1.52. The largest absolute Gasteiger partial charge is 0.476 e. The van der Waals surface area contributed by atoms with Crippen molar-refractivity contribution < 1.29 is 14.7 Å². The number of aromatic carboxylic acids is 1. The van der Waals surface area contributed by atoms with Crippen LogP contribution >= 0.6 is 11.6 Å². The van der Waals surface area contributed by atoms with E-state index in [2.05, 4.69) is 15.3 Å². The number of carboxylic acid groups (broad SMARTS) is 1. The average Bonchev–Trinajstić information content (AvgIpc) is 2.87. The summed E-state index contributed by atoms with van der Waals surface area (Å²) in [7, 11) is 0. The first-order valence-electron chi connectivity index (χ1n) is 5.72. The quantitative estimate of drug-likeness (QED) is 0.804. The van der Waals surface area contributed by atoms with Crippen molar-refractivity contribution >= 4 is 23.5 Å². The number of nitrogens with zero attached hydrogens (tertiary/aromatic N) is 3. The third-order valence-corrected chi connectivity index (χ3v) is 2.67. The van der Waals surface area contributed by atoms with Gasteiger partial charge in [-0.05, 0) is 12.1 Å². The highest BCUT2D eigenvalue weighted by molar-refractivity contribution is 6.29. The Balaban J connectivity index is 1.86. The van der Waals surface area contributed by atoms with E-state index in [1.54, 1.807) is 22.8 Å². The van der Waals surface area contributed by atoms with Gasteiger partial charge in [0.1, 0.15) is 10.8 Å². The van der Waals surface area contributed by atoms with Crippen molar-refractivity contribution in [2.75, 3.05) is 6.54 Å². The van der Waals surface area contributed by atoms with Crippen LogP contribution in [0.1, 0.15) is 21.0 Å². The lowest BCUT2D eigenvalue weighted by atomic mass is 10.3. The Bertz CT molecular complexity index is 641. The number of hydrogen-bond donors (Lipinski definition) is 2. The smallest absolute Gasteiger partial charge is 0.356 e. The van der Waals surface area contributed by atoms with E-state index < -0.39 is 5.97 Å². The summed E-state index contributed by atoms with van der Waals surface area (Å²) in [6.45, 7) is 0.731. The van der Waals surface area contributed by atoms with E-state index in [9.17, 15) is 9.59 Å². The number of aromatic nitrogens is 3. The molecule has 20 heavy (non-hydrogen) atoms. The van der Waals surface area contributed by atoms with Gasteiger partial charge in [0.25, 0.3) is 5.91 Å². The number of carboxylic acids is 1. The molecule has 0 aliphatic heterocycles. The number of hydrogen-bond acceptors (Lipinski definition) is 4. The number of nitrogens with one attached hydrogen (secondary N) is 1. The summed E-state index contributed by atoms with van der Waals surface area (Å²) in [5.74, 6) is -1.43. The minimum atomic E-state index is -1.09. The van der Waals surface area contributed by atoms with E-state index in [1.807, 2.05) is 0 Å². The van der Waals surface area contributed by atoms with Gasteiger partial charge in [0.05, 0.1) is 6.33 Å². The van der Waals surface area contributed by atoms with Crippen molar-refractivity contribution in [1.82, 2.24) is 19.9 Å². The lowest BCUT2D eigenvalue weighted by Crippen LogP contribution is -2.27. The van der Waals surface area contributed by atoms with E-state index >= 15 is 0 Å². The van der Waals surface area contributed by atoms with Gasteiger partial charge in [-0.3, -0.25) is 4.79 Å². The van der Waals surface area contributed by atoms with Crippen molar-refractivity contribution in [2.45, 2.75) is 6.54 Å². The average molecular weight is 295 g/mol. The van der Waals surface area contributed by atoms with Crippen LogP contribution in [-0.2, 0) is 6.54 Å². The monoisotopic (exact) mass is 294 g/mol. The molecule has 7 nitrogen and oxygen atoms in total. The summed E-state index contributed by atoms with van der Waals surface area (Å²) >= 11 is 5.69.